The molecule has 2 saturated carbocycles. The van der Waals surface area contributed by atoms with Crippen LogP contribution in [0.15, 0.2) is 24.8 Å². The summed E-state index contributed by atoms with van der Waals surface area (Å²) in [6.07, 6.45) is 3.41. The van der Waals surface area contributed by atoms with Crippen LogP contribution in [0.25, 0.3) is 0 Å². The Bertz CT molecular complexity index is 909. The molecule has 1 heterocycles. The van der Waals surface area contributed by atoms with Crippen LogP contribution >= 0.6 is 0 Å². The lowest BCUT2D eigenvalue weighted by Gasteiger charge is -2.36. The largest absolute Gasteiger partial charge is 0.432 e. The molecular formula is C27H31F5O3. The number of alkyl halides is 2. The van der Waals surface area contributed by atoms with Gasteiger partial charge in [0.15, 0.2) is 23.7 Å². The molecule has 35 heavy (non-hydrogen) atoms. The summed E-state index contributed by atoms with van der Waals surface area (Å²) >= 11 is 0. The first-order valence-electron chi connectivity index (χ1n) is 12.3. The molecule has 0 spiro atoms. The van der Waals surface area contributed by atoms with Gasteiger partial charge < -0.3 is 14.2 Å². The van der Waals surface area contributed by atoms with Crippen molar-refractivity contribution < 1.29 is 36.2 Å². The van der Waals surface area contributed by atoms with Crippen molar-refractivity contribution in [3.8, 4) is 17.6 Å². The summed E-state index contributed by atoms with van der Waals surface area (Å²) in [4.78, 5) is 0. The number of halogens is 5. The minimum absolute atomic E-state index is 0.0429. The van der Waals surface area contributed by atoms with Crippen LogP contribution in [0.2, 0.25) is 0 Å². The minimum Gasteiger partial charge on any atom is -0.432 e. The third-order valence-corrected chi connectivity index (χ3v) is 7.34. The maximum Gasteiger partial charge on any atom is 0.400 e. The second-order valence-electron chi connectivity index (χ2n) is 9.84. The van der Waals surface area contributed by atoms with Crippen LogP contribution < -0.4 is 4.74 Å². The second kappa shape index (κ2) is 11.3. The SMILES string of the molecule is C=CC1COC(C2CCC(C#CC3CCC(C(F)(F)Oc4cc(F)c(F)c(F)c4)CC3)CC2)OC1. The van der Waals surface area contributed by atoms with Crippen molar-refractivity contribution in [2.75, 3.05) is 13.2 Å². The Morgan fingerprint density at radius 2 is 1.37 bits per heavy atom. The Morgan fingerprint density at radius 1 is 0.857 bits per heavy atom. The molecule has 3 nitrogen and oxygen atoms in total. The lowest BCUT2D eigenvalue weighted by molar-refractivity contribution is -0.223. The smallest absolute Gasteiger partial charge is 0.400 e. The topological polar surface area (TPSA) is 27.7 Å². The van der Waals surface area contributed by atoms with Gasteiger partial charge in [-0.25, -0.2) is 13.2 Å². The van der Waals surface area contributed by atoms with Crippen molar-refractivity contribution in [2.45, 2.75) is 63.8 Å². The molecule has 8 heteroatoms. The van der Waals surface area contributed by atoms with E-state index in [1.807, 2.05) is 6.08 Å². The molecule has 3 aliphatic rings. The van der Waals surface area contributed by atoms with Crippen LogP contribution in [0.4, 0.5) is 22.0 Å². The summed E-state index contributed by atoms with van der Waals surface area (Å²) in [5.41, 5.74) is 0. The molecule has 1 saturated heterocycles. The number of hydrogen-bond acceptors (Lipinski definition) is 3. The number of benzene rings is 1. The summed E-state index contributed by atoms with van der Waals surface area (Å²) in [7, 11) is 0. The number of hydrogen-bond donors (Lipinski definition) is 0. The van der Waals surface area contributed by atoms with E-state index < -0.39 is 35.2 Å². The van der Waals surface area contributed by atoms with Gasteiger partial charge in [-0.15, -0.1) is 6.58 Å². The average molecular weight is 499 g/mol. The predicted molar refractivity (Wildman–Crippen MR) is 120 cm³/mol. The Hall–Kier alpha value is -2.11. The number of ether oxygens (including phenoxy) is 3. The quantitative estimate of drug-likeness (QED) is 0.192. The third-order valence-electron chi connectivity index (χ3n) is 7.34. The molecule has 4 rings (SSSR count). The highest BCUT2D eigenvalue weighted by Crippen LogP contribution is 2.40. The Balaban J connectivity index is 1.21. The first-order valence-corrected chi connectivity index (χ1v) is 12.3. The van der Waals surface area contributed by atoms with Gasteiger partial charge in [0.2, 0.25) is 0 Å². The van der Waals surface area contributed by atoms with Crippen LogP contribution in [0.1, 0.15) is 51.4 Å². The maximum atomic E-state index is 14.6. The van der Waals surface area contributed by atoms with Crippen LogP contribution in [0.5, 0.6) is 5.75 Å². The highest BCUT2D eigenvalue weighted by molar-refractivity contribution is 5.25. The fourth-order valence-corrected chi connectivity index (χ4v) is 5.12. The van der Waals surface area contributed by atoms with Crippen molar-refractivity contribution in [3.05, 3.63) is 42.2 Å². The van der Waals surface area contributed by atoms with E-state index in [2.05, 4.69) is 23.2 Å². The van der Waals surface area contributed by atoms with E-state index in [4.69, 9.17) is 9.47 Å². The average Bonchev–Trinajstić information content (AvgIpc) is 2.86. The van der Waals surface area contributed by atoms with Gasteiger partial charge >= 0.3 is 6.11 Å². The van der Waals surface area contributed by atoms with Gasteiger partial charge in [0.05, 0.1) is 19.1 Å². The van der Waals surface area contributed by atoms with Gasteiger partial charge in [-0.05, 0) is 51.4 Å². The molecule has 192 valence electrons. The lowest BCUT2D eigenvalue weighted by atomic mass is 9.79. The molecule has 0 unspecified atom stereocenters. The number of rotatable bonds is 5. The fraction of sp³-hybridized carbons (Fsp3) is 0.630. The summed E-state index contributed by atoms with van der Waals surface area (Å²) in [6, 6.07) is 0.866. The van der Waals surface area contributed by atoms with E-state index >= 15 is 0 Å². The Labute approximate surface area is 203 Å². The van der Waals surface area contributed by atoms with Crippen LogP contribution in [-0.2, 0) is 9.47 Å². The highest BCUT2D eigenvalue weighted by atomic mass is 19.3. The second-order valence-corrected chi connectivity index (χ2v) is 9.84. The fourth-order valence-electron chi connectivity index (χ4n) is 5.12. The summed E-state index contributed by atoms with van der Waals surface area (Å²) < 4.78 is 85.1. The molecule has 2 aliphatic carbocycles. The molecule has 1 aromatic carbocycles. The minimum atomic E-state index is -3.61. The standard InChI is InChI=1S/C27H31F5O3/c1-2-17-15-33-26(34-16-17)20-9-5-18(6-10-20)3-4-19-7-11-21(12-8-19)27(31,32)35-22-13-23(28)25(30)24(29)14-22/h2,13-14,17-21,26H,1,5-12,15-16H2. The van der Waals surface area contributed by atoms with Gasteiger partial charge in [-0.2, -0.15) is 8.78 Å². The normalized spacial score (nSPS) is 31.8. The van der Waals surface area contributed by atoms with E-state index in [9.17, 15) is 22.0 Å². The van der Waals surface area contributed by atoms with Gasteiger partial charge in [-0.1, -0.05) is 17.9 Å². The zero-order valence-corrected chi connectivity index (χ0v) is 19.6. The molecular weight excluding hydrogens is 467 g/mol. The molecule has 1 aliphatic heterocycles. The van der Waals surface area contributed by atoms with Crippen molar-refractivity contribution in [1.82, 2.24) is 0 Å². The molecule has 0 radical (unpaired) electrons. The Kier molecular flexibility index (Phi) is 8.38. The summed E-state index contributed by atoms with van der Waals surface area (Å²) in [6.45, 7) is 5.08. The molecule has 0 bridgehead atoms. The van der Waals surface area contributed by atoms with Gasteiger partial charge in [-0.3, -0.25) is 0 Å². The van der Waals surface area contributed by atoms with Crippen LogP contribution in [0.3, 0.4) is 0 Å². The first-order chi connectivity index (χ1) is 16.7. The van der Waals surface area contributed by atoms with Crippen molar-refractivity contribution in [3.63, 3.8) is 0 Å². The Morgan fingerprint density at radius 3 is 1.89 bits per heavy atom. The van der Waals surface area contributed by atoms with Gasteiger partial charge in [0.1, 0.15) is 5.75 Å². The maximum absolute atomic E-state index is 14.6. The van der Waals surface area contributed by atoms with Gasteiger partial charge in [0.25, 0.3) is 0 Å². The molecule has 0 amide bonds. The van der Waals surface area contributed by atoms with E-state index in [0.717, 1.165) is 25.7 Å². The summed E-state index contributed by atoms with van der Waals surface area (Å²) in [5, 5.41) is 0. The van der Waals surface area contributed by atoms with Crippen LogP contribution in [-0.4, -0.2) is 25.6 Å². The lowest BCUT2D eigenvalue weighted by Crippen LogP contribution is -2.38. The first kappa shape index (κ1) is 26.0. The monoisotopic (exact) mass is 498 g/mol. The van der Waals surface area contributed by atoms with E-state index in [0.29, 0.717) is 50.0 Å². The van der Waals surface area contributed by atoms with E-state index in [-0.39, 0.29) is 31.0 Å². The van der Waals surface area contributed by atoms with E-state index in [1.165, 1.54) is 0 Å². The van der Waals surface area contributed by atoms with Crippen molar-refractivity contribution in [2.24, 2.45) is 29.6 Å². The highest BCUT2D eigenvalue weighted by Gasteiger charge is 2.44. The molecule has 0 aromatic heterocycles. The predicted octanol–water partition coefficient (Wildman–Crippen LogP) is 6.87. The van der Waals surface area contributed by atoms with Crippen LogP contribution in [0, 0.1) is 58.9 Å². The van der Waals surface area contributed by atoms with Gasteiger partial charge in [0, 0.05) is 35.8 Å². The molecule has 3 fully saturated rings. The molecule has 1 aromatic rings. The van der Waals surface area contributed by atoms with Crippen molar-refractivity contribution in [1.29, 1.82) is 0 Å². The zero-order chi connectivity index (χ0) is 25.0. The summed E-state index contributed by atoms with van der Waals surface area (Å²) in [5.74, 6) is 0.945. The third kappa shape index (κ3) is 6.56. The molecule has 0 N–H and O–H groups in total. The van der Waals surface area contributed by atoms with Crippen molar-refractivity contribution >= 4 is 0 Å². The van der Waals surface area contributed by atoms with E-state index in [1.54, 1.807) is 0 Å². The zero-order valence-electron chi connectivity index (χ0n) is 19.6. The molecule has 0 atom stereocenters.